The summed E-state index contributed by atoms with van der Waals surface area (Å²) in [4.78, 5) is 3.52. The van der Waals surface area contributed by atoms with Gasteiger partial charge in [-0.05, 0) is 31.2 Å². The van der Waals surface area contributed by atoms with Crippen molar-refractivity contribution >= 4 is 0 Å². The number of nitrogens with one attached hydrogen (secondary N) is 1. The van der Waals surface area contributed by atoms with Gasteiger partial charge in [-0.2, -0.15) is 0 Å². The van der Waals surface area contributed by atoms with Crippen molar-refractivity contribution in [2.24, 2.45) is 0 Å². The first-order valence-corrected chi connectivity index (χ1v) is 4.87. The molecule has 2 atom stereocenters. The van der Waals surface area contributed by atoms with Gasteiger partial charge in [0.1, 0.15) is 0 Å². The summed E-state index contributed by atoms with van der Waals surface area (Å²) in [5.41, 5.74) is 4.46. The zero-order valence-corrected chi connectivity index (χ0v) is 9.97. The van der Waals surface area contributed by atoms with Crippen molar-refractivity contribution in [3.8, 4) is 0 Å². The number of aromatic amines is 1. The molecule has 0 spiro atoms. The van der Waals surface area contributed by atoms with Gasteiger partial charge in [-0.3, -0.25) is 0 Å². The molecule has 2 aliphatic carbocycles. The number of halogens is 1. The first-order valence-electron chi connectivity index (χ1n) is 4.87. The van der Waals surface area contributed by atoms with Crippen LogP contribution in [0.4, 0.5) is 0 Å². The third-order valence-corrected chi connectivity index (χ3v) is 3.44. The molecule has 0 amide bonds. The van der Waals surface area contributed by atoms with Gasteiger partial charge in [-0.25, -0.2) is 4.98 Å². The quantitative estimate of drug-likeness (QED) is 0.554. The van der Waals surface area contributed by atoms with E-state index in [2.05, 4.69) is 24.0 Å². The standard InChI is InChI=1S/C11H13N.HI/c1-7-2-5-10-8-3-4-9(6-8)11(10)12-7;/h2,5,8-9H,3-4,6H2,1H3;1H. The SMILES string of the molecule is Cc1ccc2c([nH+]1)C1CCC2C1.[I-]. The zero-order valence-electron chi connectivity index (χ0n) is 7.81. The molecule has 13 heavy (non-hydrogen) atoms. The van der Waals surface area contributed by atoms with Crippen LogP contribution in [0, 0.1) is 6.92 Å². The maximum Gasteiger partial charge on any atom is 0.186 e. The van der Waals surface area contributed by atoms with Gasteiger partial charge in [0, 0.05) is 24.5 Å². The Morgan fingerprint density at radius 2 is 2.00 bits per heavy atom. The minimum Gasteiger partial charge on any atom is -1.00 e. The average molecular weight is 287 g/mol. The van der Waals surface area contributed by atoms with Crippen LogP contribution in [0.15, 0.2) is 12.1 Å². The van der Waals surface area contributed by atoms with E-state index in [1.807, 2.05) is 0 Å². The van der Waals surface area contributed by atoms with Crippen molar-refractivity contribution in [3.63, 3.8) is 0 Å². The molecule has 1 aromatic heterocycles. The summed E-state index contributed by atoms with van der Waals surface area (Å²) in [5.74, 6) is 1.76. The van der Waals surface area contributed by atoms with Crippen molar-refractivity contribution in [2.45, 2.75) is 38.0 Å². The van der Waals surface area contributed by atoms with Crippen LogP contribution >= 0.6 is 0 Å². The van der Waals surface area contributed by atoms with Gasteiger partial charge in [0.05, 0.1) is 0 Å². The van der Waals surface area contributed by atoms with Crippen molar-refractivity contribution < 1.29 is 29.0 Å². The number of rotatable bonds is 0. The van der Waals surface area contributed by atoms with Crippen molar-refractivity contribution in [3.05, 3.63) is 29.1 Å². The fourth-order valence-corrected chi connectivity index (χ4v) is 2.85. The highest BCUT2D eigenvalue weighted by atomic mass is 127. The van der Waals surface area contributed by atoms with Crippen molar-refractivity contribution in [1.82, 2.24) is 0 Å². The first kappa shape index (κ1) is 9.44. The normalized spacial score (nSPS) is 28.4. The van der Waals surface area contributed by atoms with E-state index in [-0.39, 0.29) is 24.0 Å². The molecule has 0 radical (unpaired) electrons. The van der Waals surface area contributed by atoms with Crippen molar-refractivity contribution in [2.75, 3.05) is 0 Å². The Kier molecular flexibility index (Phi) is 2.34. The second kappa shape index (κ2) is 3.23. The zero-order chi connectivity index (χ0) is 8.13. The molecule has 3 rings (SSSR count). The van der Waals surface area contributed by atoms with E-state index >= 15 is 0 Å². The highest BCUT2D eigenvalue weighted by Gasteiger charge is 2.41. The maximum atomic E-state index is 3.52. The summed E-state index contributed by atoms with van der Waals surface area (Å²) in [6.45, 7) is 2.15. The summed E-state index contributed by atoms with van der Waals surface area (Å²) in [7, 11) is 0. The molecule has 2 aliphatic rings. The lowest BCUT2D eigenvalue weighted by Gasteiger charge is -2.08. The smallest absolute Gasteiger partial charge is 0.186 e. The molecule has 1 heterocycles. The van der Waals surface area contributed by atoms with Gasteiger partial charge in [0.15, 0.2) is 11.4 Å². The topological polar surface area (TPSA) is 14.1 Å². The number of H-pyrrole nitrogens is 1. The summed E-state index contributed by atoms with van der Waals surface area (Å²) >= 11 is 0. The fourth-order valence-electron chi connectivity index (χ4n) is 2.85. The van der Waals surface area contributed by atoms with Gasteiger partial charge < -0.3 is 24.0 Å². The van der Waals surface area contributed by atoms with Crippen LogP contribution in [0.1, 0.15) is 48.0 Å². The molecule has 1 nitrogen and oxygen atoms in total. The Morgan fingerprint density at radius 1 is 1.23 bits per heavy atom. The number of hydrogen-bond acceptors (Lipinski definition) is 0. The van der Waals surface area contributed by atoms with E-state index < -0.39 is 0 Å². The Morgan fingerprint density at radius 3 is 2.85 bits per heavy atom. The average Bonchev–Trinajstić information content (AvgIpc) is 2.63. The van der Waals surface area contributed by atoms with Crippen LogP contribution in [0.3, 0.4) is 0 Å². The lowest BCUT2D eigenvalue weighted by molar-refractivity contribution is -0.402. The number of aromatic nitrogens is 1. The lowest BCUT2D eigenvalue weighted by atomic mass is 9.96. The van der Waals surface area contributed by atoms with Crippen molar-refractivity contribution in [1.29, 1.82) is 0 Å². The van der Waals surface area contributed by atoms with E-state index in [9.17, 15) is 0 Å². The van der Waals surface area contributed by atoms with Crippen LogP contribution in [-0.2, 0) is 0 Å². The van der Waals surface area contributed by atoms with E-state index in [0.29, 0.717) is 0 Å². The molecular weight excluding hydrogens is 273 g/mol. The minimum absolute atomic E-state index is 0. The molecule has 1 fully saturated rings. The number of aryl methyl sites for hydroxylation is 1. The molecule has 1 saturated carbocycles. The predicted molar refractivity (Wildman–Crippen MR) is 47.1 cm³/mol. The first-order chi connectivity index (χ1) is 5.84. The Balaban J connectivity index is 0.000000653. The van der Waals surface area contributed by atoms with Gasteiger partial charge >= 0.3 is 0 Å². The second-order valence-electron chi connectivity index (χ2n) is 4.22. The van der Waals surface area contributed by atoms with Gasteiger partial charge in [0.25, 0.3) is 0 Å². The third kappa shape index (κ3) is 1.30. The Hall–Kier alpha value is -0.120. The third-order valence-electron chi connectivity index (χ3n) is 3.44. The molecule has 2 unspecified atom stereocenters. The highest BCUT2D eigenvalue weighted by molar-refractivity contribution is 5.33. The molecular formula is C11H14IN. The van der Waals surface area contributed by atoms with Crippen LogP contribution in [0.2, 0.25) is 0 Å². The van der Waals surface area contributed by atoms with E-state index in [0.717, 1.165) is 11.8 Å². The molecule has 0 saturated heterocycles. The predicted octanol–water partition coefficient (Wildman–Crippen LogP) is -0.822. The fraction of sp³-hybridized carbons (Fsp3) is 0.545. The molecule has 0 aliphatic heterocycles. The van der Waals surface area contributed by atoms with Crippen LogP contribution in [-0.4, -0.2) is 0 Å². The molecule has 70 valence electrons. The summed E-state index contributed by atoms with van der Waals surface area (Å²) in [6, 6.07) is 4.53. The lowest BCUT2D eigenvalue weighted by Crippen LogP contribution is -3.00. The van der Waals surface area contributed by atoms with Gasteiger partial charge in [0.2, 0.25) is 0 Å². The van der Waals surface area contributed by atoms with Gasteiger partial charge in [-0.15, -0.1) is 0 Å². The molecule has 1 aromatic rings. The van der Waals surface area contributed by atoms with E-state index in [1.54, 1.807) is 11.3 Å². The van der Waals surface area contributed by atoms with Crippen LogP contribution in [0.25, 0.3) is 0 Å². The molecule has 1 N–H and O–H groups in total. The molecule has 2 heteroatoms. The Bertz CT molecular complexity index is 335. The van der Waals surface area contributed by atoms with E-state index in [4.69, 9.17) is 0 Å². The van der Waals surface area contributed by atoms with E-state index in [1.165, 1.54) is 25.0 Å². The summed E-state index contributed by atoms with van der Waals surface area (Å²) in [6.07, 6.45) is 4.25. The summed E-state index contributed by atoms with van der Waals surface area (Å²) < 4.78 is 0. The number of pyridine rings is 1. The van der Waals surface area contributed by atoms with Crippen LogP contribution < -0.4 is 29.0 Å². The highest BCUT2D eigenvalue weighted by Crippen LogP contribution is 2.50. The molecule has 2 bridgehead atoms. The second-order valence-corrected chi connectivity index (χ2v) is 4.22. The van der Waals surface area contributed by atoms with Crippen LogP contribution in [0.5, 0.6) is 0 Å². The maximum absolute atomic E-state index is 3.52. The number of hydrogen-bond donors (Lipinski definition) is 0. The monoisotopic (exact) mass is 287 g/mol. The minimum atomic E-state index is 0. The number of fused-ring (bicyclic) bond motifs is 5. The summed E-state index contributed by atoms with van der Waals surface area (Å²) in [5, 5.41) is 0. The molecule has 0 aromatic carbocycles. The Labute approximate surface area is 96.0 Å². The largest absolute Gasteiger partial charge is 1.00 e. The van der Waals surface area contributed by atoms with Gasteiger partial charge in [-0.1, -0.05) is 0 Å².